The maximum atomic E-state index is 5.99. The number of nitrogens with two attached hydrogens (primary N) is 1. The minimum Gasteiger partial charge on any atom is -0.383 e. The number of aromatic nitrogens is 2. The van der Waals surface area contributed by atoms with Crippen LogP contribution in [0, 0.1) is 6.92 Å². The van der Waals surface area contributed by atoms with Crippen molar-refractivity contribution >= 4 is 28.4 Å². The van der Waals surface area contributed by atoms with E-state index in [1.807, 2.05) is 55.5 Å². The van der Waals surface area contributed by atoms with Crippen LogP contribution in [0.25, 0.3) is 10.9 Å². The van der Waals surface area contributed by atoms with Gasteiger partial charge in [0.25, 0.3) is 0 Å². The van der Waals surface area contributed by atoms with Crippen LogP contribution in [-0.2, 0) is 0 Å². The Morgan fingerprint density at radius 2 is 1.79 bits per heavy atom. The molecule has 0 aliphatic heterocycles. The van der Waals surface area contributed by atoms with Gasteiger partial charge in [-0.15, -0.1) is 0 Å². The summed E-state index contributed by atoms with van der Waals surface area (Å²) in [5.41, 5.74) is 8.92. The summed E-state index contributed by atoms with van der Waals surface area (Å²) in [6.07, 6.45) is 0. The van der Waals surface area contributed by atoms with Crippen molar-refractivity contribution in [2.45, 2.75) is 6.92 Å². The van der Waals surface area contributed by atoms with Crippen LogP contribution in [0.15, 0.2) is 48.5 Å². The fraction of sp³-hybridized carbons (Fsp3) is 0.0667. The lowest BCUT2D eigenvalue weighted by atomic mass is 10.1. The third-order valence-electron chi connectivity index (χ3n) is 2.91. The van der Waals surface area contributed by atoms with Crippen molar-refractivity contribution in [3.63, 3.8) is 0 Å². The van der Waals surface area contributed by atoms with Crippen molar-refractivity contribution in [2.75, 3.05) is 11.1 Å². The van der Waals surface area contributed by atoms with Crippen LogP contribution in [0.1, 0.15) is 5.56 Å². The van der Waals surface area contributed by atoms with Gasteiger partial charge < -0.3 is 11.1 Å². The van der Waals surface area contributed by atoms with Crippen molar-refractivity contribution in [3.8, 4) is 0 Å². The van der Waals surface area contributed by atoms with E-state index in [2.05, 4.69) is 15.3 Å². The molecule has 94 valence electrons. The molecule has 0 atom stereocenters. The molecular formula is C15H14N4. The summed E-state index contributed by atoms with van der Waals surface area (Å²) in [6.45, 7) is 2.02. The first kappa shape index (κ1) is 11.5. The second-order valence-electron chi connectivity index (χ2n) is 4.44. The van der Waals surface area contributed by atoms with Crippen molar-refractivity contribution in [2.24, 2.45) is 0 Å². The third-order valence-corrected chi connectivity index (χ3v) is 2.91. The van der Waals surface area contributed by atoms with E-state index in [0.717, 1.165) is 22.2 Å². The molecule has 1 heterocycles. The number of aryl methyl sites for hydroxylation is 1. The predicted octanol–water partition coefficient (Wildman–Crippen LogP) is 3.26. The summed E-state index contributed by atoms with van der Waals surface area (Å²) in [4.78, 5) is 8.76. The number of hydrogen-bond acceptors (Lipinski definition) is 4. The summed E-state index contributed by atoms with van der Waals surface area (Å²) in [5.74, 6) is 1.01. The van der Waals surface area contributed by atoms with E-state index in [1.165, 1.54) is 0 Å². The fourth-order valence-electron chi connectivity index (χ4n) is 1.97. The highest BCUT2D eigenvalue weighted by Crippen LogP contribution is 2.22. The van der Waals surface area contributed by atoms with Gasteiger partial charge in [-0.05, 0) is 31.2 Å². The molecule has 0 aliphatic rings. The highest BCUT2D eigenvalue weighted by atomic mass is 15.1. The number of anilines is 3. The van der Waals surface area contributed by atoms with E-state index in [9.17, 15) is 0 Å². The van der Waals surface area contributed by atoms with Gasteiger partial charge in [-0.25, -0.2) is 4.98 Å². The Kier molecular flexibility index (Phi) is 2.76. The van der Waals surface area contributed by atoms with Gasteiger partial charge >= 0.3 is 0 Å². The monoisotopic (exact) mass is 250 g/mol. The van der Waals surface area contributed by atoms with Gasteiger partial charge in [-0.2, -0.15) is 4.98 Å². The molecule has 3 rings (SSSR count). The number of para-hydroxylation sites is 1. The topological polar surface area (TPSA) is 63.8 Å². The van der Waals surface area contributed by atoms with Crippen molar-refractivity contribution in [1.29, 1.82) is 0 Å². The molecule has 0 aliphatic carbocycles. The molecule has 3 aromatic rings. The number of benzene rings is 2. The average molecular weight is 250 g/mol. The molecule has 0 radical (unpaired) electrons. The van der Waals surface area contributed by atoms with Crippen molar-refractivity contribution < 1.29 is 0 Å². The zero-order valence-corrected chi connectivity index (χ0v) is 10.6. The summed E-state index contributed by atoms with van der Waals surface area (Å²) >= 11 is 0. The van der Waals surface area contributed by atoms with E-state index >= 15 is 0 Å². The molecule has 19 heavy (non-hydrogen) atoms. The molecule has 1 aromatic heterocycles. The number of rotatable bonds is 2. The second-order valence-corrected chi connectivity index (χ2v) is 4.44. The second kappa shape index (κ2) is 4.57. The van der Waals surface area contributed by atoms with E-state index in [4.69, 9.17) is 5.73 Å². The van der Waals surface area contributed by atoms with Crippen LogP contribution in [0.5, 0.6) is 0 Å². The lowest BCUT2D eigenvalue weighted by Crippen LogP contribution is -2.01. The van der Waals surface area contributed by atoms with E-state index in [0.29, 0.717) is 11.8 Å². The quantitative estimate of drug-likeness (QED) is 0.732. The van der Waals surface area contributed by atoms with Gasteiger partial charge in [0.1, 0.15) is 5.82 Å². The largest absolute Gasteiger partial charge is 0.383 e. The first-order valence-corrected chi connectivity index (χ1v) is 6.08. The Bertz CT molecular complexity index is 723. The zero-order chi connectivity index (χ0) is 13.2. The Hall–Kier alpha value is -2.62. The number of nitrogens with one attached hydrogen (secondary N) is 1. The molecule has 2 aromatic carbocycles. The maximum Gasteiger partial charge on any atom is 0.229 e. The molecule has 4 heteroatoms. The summed E-state index contributed by atoms with van der Waals surface area (Å²) in [5, 5.41) is 4.04. The van der Waals surface area contributed by atoms with Crippen LogP contribution in [0.2, 0.25) is 0 Å². The Morgan fingerprint density at radius 3 is 2.58 bits per heavy atom. The summed E-state index contributed by atoms with van der Waals surface area (Å²) in [6, 6.07) is 15.8. The fourth-order valence-corrected chi connectivity index (χ4v) is 1.97. The van der Waals surface area contributed by atoms with Crippen LogP contribution >= 0.6 is 0 Å². The molecule has 0 amide bonds. The van der Waals surface area contributed by atoms with Gasteiger partial charge in [-0.3, -0.25) is 0 Å². The smallest absolute Gasteiger partial charge is 0.229 e. The summed E-state index contributed by atoms with van der Waals surface area (Å²) < 4.78 is 0. The van der Waals surface area contributed by atoms with E-state index in [1.54, 1.807) is 0 Å². The van der Waals surface area contributed by atoms with Gasteiger partial charge in [0.05, 0.1) is 5.52 Å². The first-order valence-electron chi connectivity index (χ1n) is 6.08. The number of fused-ring (bicyclic) bond motifs is 1. The number of nitrogens with zero attached hydrogens (tertiary/aromatic N) is 2. The van der Waals surface area contributed by atoms with Crippen molar-refractivity contribution in [3.05, 3.63) is 54.1 Å². The van der Waals surface area contributed by atoms with Gasteiger partial charge in [0.2, 0.25) is 5.95 Å². The molecule has 0 bridgehead atoms. The molecule has 0 spiro atoms. The minimum absolute atomic E-state index is 0.493. The van der Waals surface area contributed by atoms with E-state index < -0.39 is 0 Å². The van der Waals surface area contributed by atoms with Crippen LogP contribution in [0.4, 0.5) is 17.5 Å². The zero-order valence-electron chi connectivity index (χ0n) is 10.6. The Labute approximate surface area is 111 Å². The molecule has 0 saturated heterocycles. The van der Waals surface area contributed by atoms with E-state index in [-0.39, 0.29) is 0 Å². The Balaban J connectivity index is 2.04. The van der Waals surface area contributed by atoms with Gasteiger partial charge in [0.15, 0.2) is 0 Å². The molecule has 0 saturated carbocycles. The van der Waals surface area contributed by atoms with Gasteiger partial charge in [0, 0.05) is 11.1 Å². The SMILES string of the molecule is Cc1ccc2nc(Nc3ccccc3)nc(N)c2c1. The Morgan fingerprint density at radius 1 is 1.00 bits per heavy atom. The van der Waals surface area contributed by atoms with Crippen LogP contribution in [0.3, 0.4) is 0 Å². The highest BCUT2D eigenvalue weighted by molar-refractivity contribution is 5.89. The molecule has 4 nitrogen and oxygen atoms in total. The normalized spacial score (nSPS) is 10.6. The lowest BCUT2D eigenvalue weighted by molar-refractivity contribution is 1.22. The van der Waals surface area contributed by atoms with Crippen LogP contribution in [-0.4, -0.2) is 9.97 Å². The third kappa shape index (κ3) is 2.33. The van der Waals surface area contributed by atoms with Crippen molar-refractivity contribution in [1.82, 2.24) is 9.97 Å². The van der Waals surface area contributed by atoms with Crippen LogP contribution < -0.4 is 11.1 Å². The molecule has 3 N–H and O–H groups in total. The number of nitrogen functional groups attached to an aromatic ring is 1. The highest BCUT2D eigenvalue weighted by Gasteiger charge is 2.05. The number of hydrogen-bond donors (Lipinski definition) is 2. The minimum atomic E-state index is 0.493. The molecule has 0 fully saturated rings. The summed E-state index contributed by atoms with van der Waals surface area (Å²) in [7, 11) is 0. The molecule has 0 unspecified atom stereocenters. The predicted molar refractivity (Wildman–Crippen MR) is 78.4 cm³/mol. The van der Waals surface area contributed by atoms with Gasteiger partial charge in [-0.1, -0.05) is 29.8 Å². The maximum absolute atomic E-state index is 5.99. The standard InChI is InChI=1S/C15H14N4/c1-10-7-8-13-12(9-10)14(16)19-15(18-13)17-11-5-3-2-4-6-11/h2-9H,1H3,(H3,16,17,18,19). The lowest BCUT2D eigenvalue weighted by Gasteiger charge is -2.08. The average Bonchev–Trinajstić information content (AvgIpc) is 2.41. The molecular weight excluding hydrogens is 236 g/mol. The first-order chi connectivity index (χ1) is 9.22.